The largest absolute Gasteiger partial charge is 0.465 e. The first-order chi connectivity index (χ1) is 9.88. The van der Waals surface area contributed by atoms with Gasteiger partial charge in [-0.25, -0.2) is 0 Å². The van der Waals surface area contributed by atoms with Crippen LogP contribution in [0.4, 0.5) is 0 Å². The third-order valence-electron chi connectivity index (χ3n) is 3.27. The van der Waals surface area contributed by atoms with Crippen LogP contribution in [0.3, 0.4) is 0 Å². The molecule has 0 aliphatic heterocycles. The van der Waals surface area contributed by atoms with Crippen LogP contribution in [-0.2, 0) is 32.0 Å². The molecule has 118 valence electrons. The fraction of sp³-hybridized carbons (Fsp3) is 0.667. The molecule has 0 saturated carbocycles. The summed E-state index contributed by atoms with van der Waals surface area (Å²) in [6.45, 7) is 9.94. The van der Waals surface area contributed by atoms with Crippen LogP contribution in [0.1, 0.15) is 39.1 Å². The summed E-state index contributed by atoms with van der Waals surface area (Å²) in [6.07, 6.45) is 0.208. The van der Waals surface area contributed by atoms with Crippen LogP contribution in [0.25, 0.3) is 0 Å². The SMILES string of the molecule is CCOC(=O)C(C)(Cc1cc(C)nn1CC)C(=O)OCC. The highest BCUT2D eigenvalue weighted by atomic mass is 16.6. The third-order valence-corrected chi connectivity index (χ3v) is 3.27. The van der Waals surface area contributed by atoms with Crippen LogP contribution in [0.5, 0.6) is 0 Å². The van der Waals surface area contributed by atoms with Crippen LogP contribution < -0.4 is 0 Å². The molecular formula is C15H24N2O4. The number of nitrogens with zero attached hydrogens (tertiary/aromatic N) is 2. The van der Waals surface area contributed by atoms with Crippen molar-refractivity contribution in [1.82, 2.24) is 9.78 Å². The maximum atomic E-state index is 12.2. The summed E-state index contributed by atoms with van der Waals surface area (Å²) in [5.74, 6) is -1.13. The first-order valence-electron chi connectivity index (χ1n) is 7.26. The van der Waals surface area contributed by atoms with Crippen molar-refractivity contribution in [2.75, 3.05) is 13.2 Å². The second-order valence-corrected chi connectivity index (χ2v) is 5.04. The minimum atomic E-state index is -1.36. The molecule has 0 spiro atoms. The summed E-state index contributed by atoms with van der Waals surface area (Å²) in [5, 5.41) is 4.34. The van der Waals surface area contributed by atoms with Crippen molar-refractivity contribution in [3.63, 3.8) is 0 Å². The van der Waals surface area contributed by atoms with Gasteiger partial charge in [0.05, 0.1) is 18.9 Å². The average molecular weight is 296 g/mol. The van der Waals surface area contributed by atoms with E-state index in [0.29, 0.717) is 6.54 Å². The van der Waals surface area contributed by atoms with E-state index in [0.717, 1.165) is 11.4 Å². The highest BCUT2D eigenvalue weighted by molar-refractivity contribution is 5.99. The lowest BCUT2D eigenvalue weighted by molar-refractivity contribution is -0.170. The molecule has 0 N–H and O–H groups in total. The predicted molar refractivity (Wildman–Crippen MR) is 77.7 cm³/mol. The van der Waals surface area contributed by atoms with E-state index in [2.05, 4.69) is 5.10 Å². The van der Waals surface area contributed by atoms with Gasteiger partial charge in [0.1, 0.15) is 0 Å². The normalized spacial score (nSPS) is 11.3. The molecule has 1 aromatic heterocycles. The first kappa shape index (κ1) is 17.2. The third kappa shape index (κ3) is 3.83. The van der Waals surface area contributed by atoms with E-state index in [1.54, 1.807) is 25.5 Å². The van der Waals surface area contributed by atoms with Crippen molar-refractivity contribution in [1.29, 1.82) is 0 Å². The van der Waals surface area contributed by atoms with Gasteiger partial charge in [-0.3, -0.25) is 14.3 Å². The standard InChI is InChI=1S/C15H24N2O4/c1-6-17-12(9-11(4)16-17)10-15(5,13(18)20-7-2)14(19)21-8-3/h9H,6-8,10H2,1-5H3. The molecule has 6 heteroatoms. The zero-order chi connectivity index (χ0) is 16.0. The molecule has 0 aliphatic rings. The molecule has 0 saturated heterocycles. The van der Waals surface area contributed by atoms with E-state index >= 15 is 0 Å². The number of rotatable bonds is 7. The minimum absolute atomic E-state index is 0.208. The van der Waals surface area contributed by atoms with Gasteiger partial charge in [-0.1, -0.05) is 0 Å². The van der Waals surface area contributed by atoms with Gasteiger partial charge in [-0.2, -0.15) is 5.10 Å². The molecule has 0 radical (unpaired) electrons. The zero-order valence-corrected chi connectivity index (χ0v) is 13.4. The summed E-state index contributed by atoms with van der Waals surface area (Å²) in [7, 11) is 0. The number of hydrogen-bond acceptors (Lipinski definition) is 5. The lowest BCUT2D eigenvalue weighted by Gasteiger charge is -2.25. The maximum Gasteiger partial charge on any atom is 0.323 e. The molecule has 0 aromatic carbocycles. The maximum absolute atomic E-state index is 12.2. The number of ether oxygens (including phenoxy) is 2. The van der Waals surface area contributed by atoms with Crippen LogP contribution in [0.2, 0.25) is 0 Å². The molecule has 0 atom stereocenters. The van der Waals surface area contributed by atoms with Gasteiger partial charge in [0, 0.05) is 18.7 Å². The van der Waals surface area contributed by atoms with E-state index in [9.17, 15) is 9.59 Å². The Morgan fingerprint density at radius 2 is 1.71 bits per heavy atom. The Morgan fingerprint density at radius 1 is 1.19 bits per heavy atom. The molecule has 0 aliphatic carbocycles. The zero-order valence-electron chi connectivity index (χ0n) is 13.4. The average Bonchev–Trinajstić information content (AvgIpc) is 2.78. The number of esters is 2. The number of aryl methyl sites for hydroxylation is 2. The van der Waals surface area contributed by atoms with E-state index in [1.807, 2.05) is 19.9 Å². The molecule has 6 nitrogen and oxygen atoms in total. The van der Waals surface area contributed by atoms with Crippen molar-refractivity contribution < 1.29 is 19.1 Å². The highest BCUT2D eigenvalue weighted by Crippen LogP contribution is 2.27. The van der Waals surface area contributed by atoms with Gasteiger partial charge in [0.2, 0.25) is 0 Å². The molecule has 0 unspecified atom stereocenters. The van der Waals surface area contributed by atoms with Crippen LogP contribution in [0, 0.1) is 12.3 Å². The van der Waals surface area contributed by atoms with Crippen molar-refractivity contribution >= 4 is 11.9 Å². The smallest absolute Gasteiger partial charge is 0.323 e. The fourth-order valence-electron chi connectivity index (χ4n) is 2.19. The Morgan fingerprint density at radius 3 is 2.14 bits per heavy atom. The summed E-state index contributed by atoms with van der Waals surface area (Å²) < 4.78 is 11.9. The Balaban J connectivity index is 3.12. The van der Waals surface area contributed by atoms with E-state index in [1.165, 1.54) is 0 Å². The monoisotopic (exact) mass is 296 g/mol. The van der Waals surface area contributed by atoms with Crippen molar-refractivity contribution in [3.05, 3.63) is 17.5 Å². The number of aromatic nitrogens is 2. The van der Waals surface area contributed by atoms with Crippen molar-refractivity contribution in [2.45, 2.75) is 47.6 Å². The minimum Gasteiger partial charge on any atom is -0.465 e. The fourth-order valence-corrected chi connectivity index (χ4v) is 2.19. The Bertz CT molecular complexity index is 490. The quantitative estimate of drug-likeness (QED) is 0.567. The van der Waals surface area contributed by atoms with Gasteiger partial charge >= 0.3 is 11.9 Å². The summed E-state index contributed by atoms with van der Waals surface area (Å²) in [6, 6.07) is 1.88. The van der Waals surface area contributed by atoms with Gasteiger partial charge in [-0.05, 0) is 40.7 Å². The molecule has 1 aromatic rings. The van der Waals surface area contributed by atoms with E-state index in [4.69, 9.17) is 9.47 Å². The summed E-state index contributed by atoms with van der Waals surface area (Å²) in [4.78, 5) is 24.5. The van der Waals surface area contributed by atoms with Crippen LogP contribution in [0.15, 0.2) is 6.07 Å². The Labute approximate surface area is 125 Å². The molecular weight excluding hydrogens is 272 g/mol. The van der Waals surface area contributed by atoms with Gasteiger partial charge < -0.3 is 9.47 Å². The molecule has 0 amide bonds. The predicted octanol–water partition coefficient (Wildman–Crippen LogP) is 1.89. The number of hydrogen-bond donors (Lipinski definition) is 0. The molecule has 1 heterocycles. The number of carbonyl (C=O) groups excluding carboxylic acids is 2. The summed E-state index contributed by atoms with van der Waals surface area (Å²) >= 11 is 0. The second kappa shape index (κ2) is 7.24. The van der Waals surface area contributed by atoms with E-state index < -0.39 is 17.4 Å². The number of carbonyl (C=O) groups is 2. The van der Waals surface area contributed by atoms with Gasteiger partial charge in [0.25, 0.3) is 0 Å². The lowest BCUT2D eigenvalue weighted by Crippen LogP contribution is -2.41. The second-order valence-electron chi connectivity index (χ2n) is 5.04. The molecule has 21 heavy (non-hydrogen) atoms. The summed E-state index contributed by atoms with van der Waals surface area (Å²) in [5.41, 5.74) is 0.311. The molecule has 0 bridgehead atoms. The highest BCUT2D eigenvalue weighted by Gasteiger charge is 2.45. The van der Waals surface area contributed by atoms with Crippen LogP contribution in [-0.4, -0.2) is 34.9 Å². The van der Waals surface area contributed by atoms with Crippen molar-refractivity contribution in [2.24, 2.45) is 5.41 Å². The van der Waals surface area contributed by atoms with E-state index in [-0.39, 0.29) is 19.6 Å². The van der Waals surface area contributed by atoms with Gasteiger partial charge in [0.15, 0.2) is 5.41 Å². The molecule has 0 fully saturated rings. The van der Waals surface area contributed by atoms with Crippen LogP contribution >= 0.6 is 0 Å². The topological polar surface area (TPSA) is 70.4 Å². The van der Waals surface area contributed by atoms with Crippen molar-refractivity contribution in [3.8, 4) is 0 Å². The Kier molecular flexibility index (Phi) is 5.93. The lowest BCUT2D eigenvalue weighted by atomic mass is 9.85. The Hall–Kier alpha value is -1.85. The molecule has 1 rings (SSSR count). The van der Waals surface area contributed by atoms with Gasteiger partial charge in [-0.15, -0.1) is 0 Å². The first-order valence-corrected chi connectivity index (χ1v) is 7.26.